The number of carboxylic acids is 1. The van der Waals surface area contributed by atoms with Crippen LogP contribution in [0.15, 0.2) is 66.7 Å². The second-order valence-electron chi connectivity index (χ2n) is 6.18. The summed E-state index contributed by atoms with van der Waals surface area (Å²) in [6, 6.07) is 17.9. The van der Waals surface area contributed by atoms with E-state index in [4.69, 9.17) is 15.9 Å². The highest BCUT2D eigenvalue weighted by molar-refractivity contribution is 6.11. The molecule has 0 heterocycles. The largest absolute Gasteiger partial charge is 0.496 e. The van der Waals surface area contributed by atoms with Crippen LogP contribution in [0.2, 0.25) is 0 Å². The quantitative estimate of drug-likeness (QED) is 0.379. The number of hydrogen-bond acceptors (Lipinski definition) is 4. The Morgan fingerprint density at radius 1 is 0.966 bits per heavy atom. The average molecular weight is 389 g/mol. The molecule has 0 unspecified atom stereocenters. The molecule has 0 aliphatic rings. The van der Waals surface area contributed by atoms with Gasteiger partial charge in [-0.2, -0.15) is 0 Å². The van der Waals surface area contributed by atoms with Gasteiger partial charge in [-0.3, -0.25) is 10.2 Å². The number of nitrogens with two attached hydrogens (primary N) is 1. The number of nitrogens with one attached hydrogen (secondary N) is 2. The lowest BCUT2D eigenvalue weighted by atomic mass is 9.94. The van der Waals surface area contributed by atoms with Gasteiger partial charge in [0.15, 0.2) is 0 Å². The molecule has 0 saturated carbocycles. The lowest BCUT2D eigenvalue weighted by Crippen LogP contribution is -2.15. The van der Waals surface area contributed by atoms with E-state index in [1.165, 1.54) is 13.2 Å². The normalized spacial score (nSPS) is 10.2. The van der Waals surface area contributed by atoms with Crippen LogP contribution in [0.5, 0.6) is 5.75 Å². The van der Waals surface area contributed by atoms with Gasteiger partial charge in [0.1, 0.15) is 11.6 Å². The van der Waals surface area contributed by atoms with E-state index < -0.39 is 11.9 Å². The van der Waals surface area contributed by atoms with E-state index in [1.807, 2.05) is 0 Å². The van der Waals surface area contributed by atoms with Crippen molar-refractivity contribution in [1.29, 1.82) is 5.41 Å². The van der Waals surface area contributed by atoms with Gasteiger partial charge in [-0.05, 0) is 42.5 Å². The standard InChI is InChI=1S/C22H19N3O4/c1-29-18-8-4-7-17(19(18)15-5-2-3-6-16(15)22(27)28)21(26)25-14-11-9-13(10-12-14)20(23)24/h2-12H,1H3,(H3,23,24)(H,25,26)(H,27,28). The molecule has 0 aromatic heterocycles. The van der Waals surface area contributed by atoms with E-state index in [-0.39, 0.29) is 17.0 Å². The van der Waals surface area contributed by atoms with Gasteiger partial charge in [-0.25, -0.2) is 4.79 Å². The Labute approximate surface area is 167 Å². The molecule has 1 amide bonds. The van der Waals surface area contributed by atoms with Crippen molar-refractivity contribution < 1.29 is 19.4 Å². The molecular weight excluding hydrogens is 370 g/mol. The molecule has 3 aromatic carbocycles. The zero-order valence-electron chi connectivity index (χ0n) is 15.6. The number of hydrogen-bond donors (Lipinski definition) is 4. The number of aromatic carboxylic acids is 1. The molecule has 0 aliphatic heterocycles. The predicted octanol–water partition coefficient (Wildman–Crippen LogP) is 3.60. The SMILES string of the molecule is COc1cccc(C(=O)Nc2ccc(C(=N)N)cc2)c1-c1ccccc1C(=O)O. The highest BCUT2D eigenvalue weighted by Crippen LogP contribution is 2.36. The third kappa shape index (κ3) is 4.08. The first-order valence-electron chi connectivity index (χ1n) is 8.68. The molecule has 7 nitrogen and oxygen atoms in total. The van der Waals surface area contributed by atoms with Gasteiger partial charge in [0, 0.05) is 22.4 Å². The molecule has 146 valence electrons. The summed E-state index contributed by atoms with van der Waals surface area (Å²) in [5.74, 6) is -1.20. The number of carboxylic acid groups (broad SMARTS) is 1. The fraction of sp³-hybridized carbons (Fsp3) is 0.0455. The van der Waals surface area contributed by atoms with Gasteiger partial charge in [0.05, 0.1) is 18.2 Å². The summed E-state index contributed by atoms with van der Waals surface area (Å²) in [5.41, 5.74) is 7.62. The number of amides is 1. The fourth-order valence-corrected chi connectivity index (χ4v) is 2.99. The maximum atomic E-state index is 13.0. The van der Waals surface area contributed by atoms with Crippen LogP contribution in [-0.2, 0) is 0 Å². The molecule has 0 atom stereocenters. The van der Waals surface area contributed by atoms with Gasteiger partial charge in [0.2, 0.25) is 0 Å². The molecule has 0 radical (unpaired) electrons. The van der Waals surface area contributed by atoms with Crippen molar-refractivity contribution in [2.45, 2.75) is 0 Å². The summed E-state index contributed by atoms with van der Waals surface area (Å²) < 4.78 is 5.41. The smallest absolute Gasteiger partial charge is 0.336 e. The van der Waals surface area contributed by atoms with Crippen molar-refractivity contribution in [2.75, 3.05) is 12.4 Å². The molecule has 0 aliphatic carbocycles. The van der Waals surface area contributed by atoms with E-state index in [1.54, 1.807) is 60.7 Å². The third-order valence-corrected chi connectivity index (χ3v) is 4.37. The van der Waals surface area contributed by atoms with E-state index in [2.05, 4.69) is 5.32 Å². The molecule has 0 spiro atoms. The Morgan fingerprint density at radius 3 is 2.24 bits per heavy atom. The van der Waals surface area contributed by atoms with Crippen LogP contribution in [0.4, 0.5) is 5.69 Å². The number of carbonyl (C=O) groups excluding carboxylic acids is 1. The second kappa shape index (κ2) is 8.26. The second-order valence-corrected chi connectivity index (χ2v) is 6.18. The van der Waals surface area contributed by atoms with E-state index in [0.717, 1.165) is 0 Å². The summed E-state index contributed by atoms with van der Waals surface area (Å²) >= 11 is 0. The average Bonchev–Trinajstić information content (AvgIpc) is 2.73. The van der Waals surface area contributed by atoms with Gasteiger partial charge >= 0.3 is 5.97 Å². The van der Waals surface area contributed by atoms with Crippen LogP contribution in [0.25, 0.3) is 11.1 Å². The number of amidine groups is 1. The van der Waals surface area contributed by atoms with Crippen molar-refractivity contribution in [2.24, 2.45) is 5.73 Å². The van der Waals surface area contributed by atoms with Crippen molar-refractivity contribution in [3.05, 3.63) is 83.4 Å². The number of anilines is 1. The first-order valence-corrected chi connectivity index (χ1v) is 8.68. The Bertz CT molecular complexity index is 1090. The van der Waals surface area contributed by atoms with Crippen molar-refractivity contribution in [3.63, 3.8) is 0 Å². The maximum absolute atomic E-state index is 13.0. The van der Waals surface area contributed by atoms with E-state index in [9.17, 15) is 14.7 Å². The molecule has 0 saturated heterocycles. The molecule has 0 bridgehead atoms. The van der Waals surface area contributed by atoms with Crippen molar-refractivity contribution >= 4 is 23.4 Å². The minimum absolute atomic E-state index is 0.0664. The Kier molecular flexibility index (Phi) is 5.59. The minimum atomic E-state index is -1.10. The molecule has 0 fully saturated rings. The summed E-state index contributed by atoms with van der Waals surface area (Å²) in [7, 11) is 1.46. The lowest BCUT2D eigenvalue weighted by molar-refractivity contribution is 0.0697. The highest BCUT2D eigenvalue weighted by Gasteiger charge is 2.21. The Balaban J connectivity index is 2.05. The molecule has 29 heavy (non-hydrogen) atoms. The third-order valence-electron chi connectivity index (χ3n) is 4.37. The van der Waals surface area contributed by atoms with Crippen LogP contribution < -0.4 is 15.8 Å². The van der Waals surface area contributed by atoms with Gasteiger partial charge in [-0.15, -0.1) is 0 Å². The molecule has 3 aromatic rings. The maximum Gasteiger partial charge on any atom is 0.336 e. The summed E-state index contributed by atoms with van der Waals surface area (Å²) in [6.07, 6.45) is 0. The number of methoxy groups -OCH3 is 1. The molecule has 3 rings (SSSR count). The first-order chi connectivity index (χ1) is 13.9. The number of carbonyl (C=O) groups is 2. The molecule has 5 N–H and O–H groups in total. The Morgan fingerprint density at radius 2 is 1.62 bits per heavy atom. The van der Waals surface area contributed by atoms with Gasteiger partial charge < -0.3 is 20.9 Å². The first kappa shape index (κ1) is 19.6. The fourth-order valence-electron chi connectivity index (χ4n) is 2.99. The van der Waals surface area contributed by atoms with Crippen LogP contribution >= 0.6 is 0 Å². The van der Waals surface area contributed by atoms with Crippen LogP contribution in [0.1, 0.15) is 26.3 Å². The number of nitrogen functional groups attached to an aromatic ring is 1. The molecular formula is C22H19N3O4. The van der Waals surface area contributed by atoms with Crippen LogP contribution in [0.3, 0.4) is 0 Å². The number of rotatable bonds is 6. The van der Waals surface area contributed by atoms with Crippen molar-refractivity contribution in [1.82, 2.24) is 0 Å². The van der Waals surface area contributed by atoms with Crippen LogP contribution in [-0.4, -0.2) is 29.9 Å². The summed E-state index contributed by atoms with van der Waals surface area (Å²) in [4.78, 5) is 24.7. The predicted molar refractivity (Wildman–Crippen MR) is 111 cm³/mol. The Hall–Kier alpha value is -4.13. The zero-order chi connectivity index (χ0) is 21.0. The van der Waals surface area contributed by atoms with E-state index >= 15 is 0 Å². The van der Waals surface area contributed by atoms with Crippen LogP contribution in [0, 0.1) is 5.41 Å². The number of benzene rings is 3. The summed E-state index contributed by atoms with van der Waals surface area (Å²) in [5, 5.41) is 19.8. The highest BCUT2D eigenvalue weighted by atomic mass is 16.5. The van der Waals surface area contributed by atoms with Gasteiger partial charge in [-0.1, -0.05) is 24.3 Å². The topological polar surface area (TPSA) is 126 Å². The molecule has 7 heteroatoms. The lowest BCUT2D eigenvalue weighted by Gasteiger charge is -2.16. The van der Waals surface area contributed by atoms with Crippen molar-refractivity contribution in [3.8, 4) is 16.9 Å². The van der Waals surface area contributed by atoms with Gasteiger partial charge in [0.25, 0.3) is 5.91 Å². The number of ether oxygens (including phenoxy) is 1. The zero-order valence-corrected chi connectivity index (χ0v) is 15.6. The summed E-state index contributed by atoms with van der Waals surface area (Å²) in [6.45, 7) is 0. The minimum Gasteiger partial charge on any atom is -0.496 e. The monoisotopic (exact) mass is 389 g/mol. The van der Waals surface area contributed by atoms with E-state index in [0.29, 0.717) is 28.1 Å².